The molecule has 0 amide bonds. The lowest BCUT2D eigenvalue weighted by molar-refractivity contribution is 0.288. The molecule has 0 unspecified atom stereocenters. The zero-order valence-corrected chi connectivity index (χ0v) is 11.3. The van der Waals surface area contributed by atoms with Crippen LogP contribution in [0.3, 0.4) is 0 Å². The van der Waals surface area contributed by atoms with Crippen molar-refractivity contribution in [2.45, 2.75) is 60.4 Å². The maximum atomic E-state index is 3.45. The molecule has 0 saturated carbocycles. The van der Waals surface area contributed by atoms with Gasteiger partial charge in [-0.2, -0.15) is 0 Å². The Morgan fingerprint density at radius 3 is 2.12 bits per heavy atom. The number of nitrogens with zero attached hydrogens (tertiary/aromatic N) is 1. The van der Waals surface area contributed by atoms with E-state index in [9.17, 15) is 0 Å². The fourth-order valence-corrected chi connectivity index (χ4v) is 1.79. The Morgan fingerprint density at radius 1 is 1.00 bits per heavy atom. The van der Waals surface area contributed by atoms with Crippen LogP contribution in [-0.4, -0.2) is 37.6 Å². The van der Waals surface area contributed by atoms with Crippen molar-refractivity contribution < 1.29 is 0 Å². The summed E-state index contributed by atoms with van der Waals surface area (Å²) in [6.45, 7) is 12.6. The quantitative estimate of drug-likeness (QED) is 0.611. The zero-order chi connectivity index (χ0) is 11.7. The van der Waals surface area contributed by atoms with Gasteiger partial charge in [-0.3, -0.25) is 0 Å². The topological polar surface area (TPSA) is 15.3 Å². The van der Waals surface area contributed by atoms with Crippen LogP contribution in [0.5, 0.6) is 0 Å². The molecule has 0 radical (unpaired) electrons. The summed E-state index contributed by atoms with van der Waals surface area (Å²) in [4.78, 5) is 2.44. The Labute approximate surface area is 104 Å². The molecule has 1 N–H and O–H groups in total. The molecule has 2 heteroatoms. The summed E-state index contributed by atoms with van der Waals surface area (Å²) in [5.41, 5.74) is 0. The van der Waals surface area contributed by atoms with Gasteiger partial charge in [0.15, 0.2) is 0 Å². The molecule has 100 valence electrons. The predicted octanol–water partition coefficient (Wildman–Crippen LogP) is 3.38. The fourth-order valence-electron chi connectivity index (χ4n) is 1.79. The molecule has 0 aromatic rings. The third-order valence-corrected chi connectivity index (χ3v) is 2.45. The van der Waals surface area contributed by atoms with Crippen LogP contribution in [0.15, 0.2) is 0 Å². The first-order valence-electron chi connectivity index (χ1n) is 6.44. The fraction of sp³-hybridized carbons (Fsp3) is 1.00. The summed E-state index contributed by atoms with van der Waals surface area (Å²) in [7, 11) is 2.23. The second-order valence-electron chi connectivity index (χ2n) is 5.33. The van der Waals surface area contributed by atoms with Crippen molar-refractivity contribution in [3.63, 3.8) is 0 Å². The lowest BCUT2D eigenvalue weighted by Crippen LogP contribution is -2.25. The molecule has 0 aliphatic rings. The normalized spacial score (nSPS) is 11.2. The van der Waals surface area contributed by atoms with Gasteiger partial charge in [0.2, 0.25) is 0 Å². The predicted molar refractivity (Wildman–Crippen MR) is 76.1 cm³/mol. The van der Waals surface area contributed by atoms with E-state index >= 15 is 0 Å². The Balaban J connectivity index is 0. The maximum absolute atomic E-state index is 3.45. The first-order chi connectivity index (χ1) is 7.02. The molecule has 0 rings (SSSR count). The Hall–Kier alpha value is -0.0800. The molecule has 0 saturated heterocycles. The van der Waals surface area contributed by atoms with E-state index in [0.29, 0.717) is 6.04 Å². The number of rotatable bonds is 9. The van der Waals surface area contributed by atoms with E-state index in [-0.39, 0.29) is 7.43 Å². The van der Waals surface area contributed by atoms with Gasteiger partial charge in [0.25, 0.3) is 0 Å². The van der Waals surface area contributed by atoms with Crippen LogP contribution in [0.25, 0.3) is 0 Å². The second kappa shape index (κ2) is 11.4. The standard InChI is InChI=1S/C13H30N2.CH4/c1-12(2)11-15(5)10-8-6-7-9-14-13(3)4;/h12-14H,6-11H2,1-5H3;1H4. The Morgan fingerprint density at radius 2 is 1.62 bits per heavy atom. The second-order valence-corrected chi connectivity index (χ2v) is 5.33. The maximum Gasteiger partial charge on any atom is 0.00103 e. The highest BCUT2D eigenvalue weighted by Gasteiger charge is 2.00. The van der Waals surface area contributed by atoms with Crippen LogP contribution in [-0.2, 0) is 0 Å². The Kier molecular flexibility index (Phi) is 13.0. The van der Waals surface area contributed by atoms with Crippen molar-refractivity contribution in [1.29, 1.82) is 0 Å². The Bertz CT molecular complexity index is 133. The van der Waals surface area contributed by atoms with Gasteiger partial charge in [0.05, 0.1) is 0 Å². The number of nitrogens with one attached hydrogen (secondary N) is 1. The molecule has 0 aliphatic carbocycles. The molecular formula is C14H34N2. The van der Waals surface area contributed by atoms with Crippen LogP contribution in [0, 0.1) is 5.92 Å². The summed E-state index contributed by atoms with van der Waals surface area (Å²) in [6, 6.07) is 0.633. The zero-order valence-electron chi connectivity index (χ0n) is 11.3. The van der Waals surface area contributed by atoms with Crippen molar-refractivity contribution >= 4 is 0 Å². The minimum atomic E-state index is 0. The van der Waals surface area contributed by atoms with Crippen LogP contribution >= 0.6 is 0 Å². The van der Waals surface area contributed by atoms with Crippen molar-refractivity contribution in [2.24, 2.45) is 5.92 Å². The molecule has 0 aliphatic heterocycles. The molecule has 0 atom stereocenters. The highest BCUT2D eigenvalue weighted by Crippen LogP contribution is 2.00. The molecule has 0 fully saturated rings. The number of unbranched alkanes of at least 4 members (excludes halogenated alkanes) is 2. The third kappa shape index (κ3) is 13.9. The molecular weight excluding hydrogens is 196 g/mol. The van der Waals surface area contributed by atoms with Crippen molar-refractivity contribution in [1.82, 2.24) is 10.2 Å². The van der Waals surface area contributed by atoms with E-state index in [1.807, 2.05) is 0 Å². The number of hydrogen-bond donors (Lipinski definition) is 1. The van der Waals surface area contributed by atoms with E-state index in [1.54, 1.807) is 0 Å². The summed E-state index contributed by atoms with van der Waals surface area (Å²) in [6.07, 6.45) is 4.00. The molecule has 0 heterocycles. The van der Waals surface area contributed by atoms with Crippen LogP contribution in [0.2, 0.25) is 0 Å². The lowest BCUT2D eigenvalue weighted by Gasteiger charge is -2.18. The monoisotopic (exact) mass is 230 g/mol. The van der Waals surface area contributed by atoms with E-state index in [2.05, 4.69) is 45.0 Å². The summed E-state index contributed by atoms with van der Waals surface area (Å²) in [5, 5.41) is 3.45. The summed E-state index contributed by atoms with van der Waals surface area (Å²) < 4.78 is 0. The average Bonchev–Trinajstić information content (AvgIpc) is 2.09. The molecule has 0 spiro atoms. The third-order valence-electron chi connectivity index (χ3n) is 2.45. The van der Waals surface area contributed by atoms with E-state index in [4.69, 9.17) is 0 Å². The highest BCUT2D eigenvalue weighted by molar-refractivity contribution is 4.57. The highest BCUT2D eigenvalue weighted by atomic mass is 15.1. The van der Waals surface area contributed by atoms with E-state index in [1.165, 1.54) is 38.9 Å². The van der Waals surface area contributed by atoms with Crippen LogP contribution < -0.4 is 5.32 Å². The van der Waals surface area contributed by atoms with Gasteiger partial charge in [-0.05, 0) is 38.9 Å². The summed E-state index contributed by atoms with van der Waals surface area (Å²) in [5.74, 6) is 0.789. The largest absolute Gasteiger partial charge is 0.315 e. The molecule has 0 bridgehead atoms. The van der Waals surface area contributed by atoms with Crippen LogP contribution in [0.1, 0.15) is 54.4 Å². The lowest BCUT2D eigenvalue weighted by atomic mass is 10.2. The minimum absolute atomic E-state index is 0. The van der Waals surface area contributed by atoms with Crippen molar-refractivity contribution in [3.8, 4) is 0 Å². The smallest absolute Gasteiger partial charge is 0.00103 e. The van der Waals surface area contributed by atoms with Gasteiger partial charge in [-0.15, -0.1) is 0 Å². The first-order valence-corrected chi connectivity index (χ1v) is 6.44. The molecule has 0 aromatic heterocycles. The van der Waals surface area contributed by atoms with Gasteiger partial charge in [0, 0.05) is 12.6 Å². The van der Waals surface area contributed by atoms with Crippen LogP contribution in [0.4, 0.5) is 0 Å². The van der Waals surface area contributed by atoms with Gasteiger partial charge in [-0.1, -0.05) is 41.5 Å². The van der Waals surface area contributed by atoms with E-state index in [0.717, 1.165) is 5.92 Å². The minimum Gasteiger partial charge on any atom is -0.315 e. The van der Waals surface area contributed by atoms with Crippen molar-refractivity contribution in [3.05, 3.63) is 0 Å². The SMILES string of the molecule is C.CC(C)CN(C)CCCCCNC(C)C. The van der Waals surface area contributed by atoms with Crippen molar-refractivity contribution in [2.75, 3.05) is 26.7 Å². The summed E-state index contributed by atoms with van der Waals surface area (Å²) >= 11 is 0. The van der Waals surface area contributed by atoms with E-state index < -0.39 is 0 Å². The van der Waals surface area contributed by atoms with Gasteiger partial charge < -0.3 is 10.2 Å². The van der Waals surface area contributed by atoms with Gasteiger partial charge >= 0.3 is 0 Å². The number of hydrogen-bond acceptors (Lipinski definition) is 2. The average molecular weight is 230 g/mol. The molecule has 16 heavy (non-hydrogen) atoms. The first kappa shape index (κ1) is 18.3. The molecule has 0 aromatic carbocycles. The molecule has 2 nitrogen and oxygen atoms in total. The van der Waals surface area contributed by atoms with Gasteiger partial charge in [0.1, 0.15) is 0 Å². The van der Waals surface area contributed by atoms with Gasteiger partial charge in [-0.25, -0.2) is 0 Å².